The maximum absolute atomic E-state index is 12.1. The summed E-state index contributed by atoms with van der Waals surface area (Å²) in [6.45, 7) is 9.30. The Labute approximate surface area is 103 Å². The van der Waals surface area contributed by atoms with Gasteiger partial charge in [-0.2, -0.15) is 0 Å². The molecule has 3 rings (SSSR count). The summed E-state index contributed by atoms with van der Waals surface area (Å²) in [4.78, 5) is 12.1. The molecule has 0 aromatic rings. The standard InChI is InChI=1S/C15H22O2/c1-10-5-4-6-12-7-15(9-14(10,12)3)11(2)8-17-13(15)16/h10,12H,2,4-9H2,1,3H3/t10-,12+,14-,15-/m0/s1. The number of ether oxygens (including phenoxy) is 1. The maximum atomic E-state index is 12.1. The average molecular weight is 234 g/mol. The quantitative estimate of drug-likeness (QED) is 0.475. The van der Waals surface area contributed by atoms with Crippen LogP contribution in [0.15, 0.2) is 12.2 Å². The van der Waals surface area contributed by atoms with Crippen molar-refractivity contribution in [2.24, 2.45) is 22.7 Å². The number of carbonyl (C=O) groups excluding carboxylic acids is 1. The monoisotopic (exact) mass is 234 g/mol. The van der Waals surface area contributed by atoms with Crippen molar-refractivity contribution in [3.8, 4) is 0 Å². The van der Waals surface area contributed by atoms with Crippen LogP contribution in [0.1, 0.15) is 46.0 Å². The van der Waals surface area contributed by atoms with Gasteiger partial charge in [-0.25, -0.2) is 0 Å². The van der Waals surface area contributed by atoms with Gasteiger partial charge in [0.05, 0.1) is 5.41 Å². The van der Waals surface area contributed by atoms with E-state index in [0.29, 0.717) is 17.9 Å². The Hall–Kier alpha value is -0.790. The van der Waals surface area contributed by atoms with Crippen molar-refractivity contribution in [3.05, 3.63) is 12.2 Å². The second-order valence-corrected chi connectivity index (χ2v) is 6.68. The predicted molar refractivity (Wildman–Crippen MR) is 66.4 cm³/mol. The molecule has 1 aliphatic heterocycles. The topological polar surface area (TPSA) is 26.3 Å². The molecule has 1 saturated heterocycles. The molecule has 0 amide bonds. The Morgan fingerprint density at radius 1 is 1.41 bits per heavy atom. The number of hydrogen-bond acceptors (Lipinski definition) is 2. The molecule has 0 unspecified atom stereocenters. The minimum absolute atomic E-state index is 0.00493. The fourth-order valence-electron chi connectivity index (χ4n) is 4.53. The summed E-state index contributed by atoms with van der Waals surface area (Å²) in [5.41, 5.74) is 1.04. The first-order valence-corrected chi connectivity index (χ1v) is 6.84. The van der Waals surface area contributed by atoms with Crippen LogP contribution in [-0.2, 0) is 9.53 Å². The zero-order valence-electron chi connectivity index (χ0n) is 10.9. The summed E-state index contributed by atoms with van der Waals surface area (Å²) in [6, 6.07) is 0. The molecule has 1 heterocycles. The van der Waals surface area contributed by atoms with Crippen LogP contribution in [0.5, 0.6) is 0 Å². The van der Waals surface area contributed by atoms with E-state index >= 15 is 0 Å². The van der Waals surface area contributed by atoms with Gasteiger partial charge < -0.3 is 4.74 Å². The van der Waals surface area contributed by atoms with E-state index in [4.69, 9.17) is 4.74 Å². The molecular formula is C15H22O2. The molecule has 0 aromatic carbocycles. The van der Waals surface area contributed by atoms with Crippen molar-refractivity contribution in [3.63, 3.8) is 0 Å². The summed E-state index contributed by atoms with van der Waals surface area (Å²) in [6.07, 6.45) is 5.88. The second-order valence-electron chi connectivity index (χ2n) is 6.68. The van der Waals surface area contributed by atoms with Gasteiger partial charge in [0.2, 0.25) is 0 Å². The number of fused-ring (bicyclic) bond motifs is 1. The average Bonchev–Trinajstić information content (AvgIpc) is 2.74. The van der Waals surface area contributed by atoms with Crippen molar-refractivity contribution in [2.45, 2.75) is 46.0 Å². The molecule has 1 spiro atoms. The molecule has 2 saturated carbocycles. The molecule has 4 atom stereocenters. The third-order valence-electron chi connectivity index (χ3n) is 5.97. The maximum Gasteiger partial charge on any atom is 0.316 e. The third-order valence-corrected chi connectivity index (χ3v) is 5.97. The van der Waals surface area contributed by atoms with Gasteiger partial charge in [-0.05, 0) is 42.1 Å². The van der Waals surface area contributed by atoms with Crippen LogP contribution in [0.25, 0.3) is 0 Å². The molecule has 2 nitrogen and oxygen atoms in total. The highest BCUT2D eigenvalue weighted by atomic mass is 16.5. The van der Waals surface area contributed by atoms with Crippen LogP contribution in [0.2, 0.25) is 0 Å². The summed E-state index contributed by atoms with van der Waals surface area (Å²) in [7, 11) is 0. The lowest BCUT2D eigenvalue weighted by atomic mass is 9.63. The fourth-order valence-corrected chi connectivity index (χ4v) is 4.53. The minimum Gasteiger partial charge on any atom is -0.460 e. The van der Waals surface area contributed by atoms with Crippen molar-refractivity contribution in [1.29, 1.82) is 0 Å². The summed E-state index contributed by atoms with van der Waals surface area (Å²) in [5, 5.41) is 0. The molecule has 0 bridgehead atoms. The zero-order valence-corrected chi connectivity index (χ0v) is 10.9. The lowest BCUT2D eigenvalue weighted by molar-refractivity contribution is -0.146. The first-order valence-electron chi connectivity index (χ1n) is 6.84. The fraction of sp³-hybridized carbons (Fsp3) is 0.800. The van der Waals surface area contributed by atoms with Gasteiger partial charge in [0.15, 0.2) is 0 Å². The third kappa shape index (κ3) is 1.30. The zero-order chi connectivity index (χ0) is 12.3. The minimum atomic E-state index is -0.321. The van der Waals surface area contributed by atoms with Crippen LogP contribution < -0.4 is 0 Å². The van der Waals surface area contributed by atoms with E-state index in [1.807, 2.05) is 0 Å². The van der Waals surface area contributed by atoms with Gasteiger partial charge in [0.1, 0.15) is 6.61 Å². The van der Waals surface area contributed by atoms with E-state index in [1.54, 1.807) is 0 Å². The number of esters is 1. The van der Waals surface area contributed by atoms with E-state index in [2.05, 4.69) is 20.4 Å². The van der Waals surface area contributed by atoms with Crippen LogP contribution >= 0.6 is 0 Å². The van der Waals surface area contributed by atoms with Crippen LogP contribution in [0, 0.1) is 22.7 Å². The number of rotatable bonds is 0. The van der Waals surface area contributed by atoms with Gasteiger partial charge in [-0.15, -0.1) is 0 Å². The van der Waals surface area contributed by atoms with E-state index in [-0.39, 0.29) is 11.4 Å². The molecule has 0 N–H and O–H groups in total. The highest BCUT2D eigenvalue weighted by Gasteiger charge is 2.61. The van der Waals surface area contributed by atoms with Crippen LogP contribution in [0.4, 0.5) is 0 Å². The van der Waals surface area contributed by atoms with Gasteiger partial charge >= 0.3 is 5.97 Å². The first kappa shape index (κ1) is 11.3. The molecule has 0 radical (unpaired) electrons. The Morgan fingerprint density at radius 3 is 2.76 bits per heavy atom. The highest BCUT2D eigenvalue weighted by Crippen LogP contribution is 2.64. The summed E-state index contributed by atoms with van der Waals surface area (Å²) < 4.78 is 5.25. The Morgan fingerprint density at radius 2 is 2.18 bits per heavy atom. The van der Waals surface area contributed by atoms with E-state index in [1.165, 1.54) is 19.3 Å². The van der Waals surface area contributed by atoms with Crippen LogP contribution in [0.3, 0.4) is 0 Å². The van der Waals surface area contributed by atoms with Crippen molar-refractivity contribution in [2.75, 3.05) is 6.61 Å². The lowest BCUT2D eigenvalue weighted by Crippen LogP contribution is -2.34. The largest absolute Gasteiger partial charge is 0.460 e. The van der Waals surface area contributed by atoms with Gasteiger partial charge in [0, 0.05) is 0 Å². The van der Waals surface area contributed by atoms with Crippen molar-refractivity contribution >= 4 is 5.97 Å². The number of hydrogen-bond donors (Lipinski definition) is 0. The lowest BCUT2D eigenvalue weighted by Gasteiger charge is -2.42. The molecule has 3 fully saturated rings. The normalized spacial score (nSPS) is 49.5. The predicted octanol–water partition coefficient (Wildman–Crippen LogP) is 3.32. The van der Waals surface area contributed by atoms with E-state index < -0.39 is 0 Å². The summed E-state index contributed by atoms with van der Waals surface area (Å²) >= 11 is 0. The molecule has 3 aliphatic rings. The Kier molecular flexibility index (Phi) is 2.24. The van der Waals surface area contributed by atoms with E-state index in [0.717, 1.165) is 24.3 Å². The SMILES string of the molecule is C=C1COC(=O)[C@]12C[C@H]1CCC[C@H](C)[C@]1(C)C2. The van der Waals surface area contributed by atoms with Crippen molar-refractivity contribution < 1.29 is 9.53 Å². The highest BCUT2D eigenvalue weighted by molar-refractivity contribution is 5.84. The molecule has 17 heavy (non-hydrogen) atoms. The number of carbonyl (C=O) groups is 1. The molecule has 94 valence electrons. The summed E-state index contributed by atoms with van der Waals surface area (Å²) in [5.74, 6) is 1.42. The van der Waals surface area contributed by atoms with Crippen LogP contribution in [-0.4, -0.2) is 12.6 Å². The van der Waals surface area contributed by atoms with Gasteiger partial charge in [0.25, 0.3) is 0 Å². The van der Waals surface area contributed by atoms with E-state index in [9.17, 15) is 4.79 Å². The first-order chi connectivity index (χ1) is 7.99. The van der Waals surface area contributed by atoms with Gasteiger partial charge in [-0.3, -0.25) is 4.79 Å². The molecule has 2 aliphatic carbocycles. The number of cyclic esters (lactones) is 1. The second kappa shape index (κ2) is 3.37. The smallest absolute Gasteiger partial charge is 0.316 e. The Balaban J connectivity index is 1.98. The van der Waals surface area contributed by atoms with Gasteiger partial charge in [-0.1, -0.05) is 33.3 Å². The Bertz CT molecular complexity index is 368. The molecular weight excluding hydrogens is 212 g/mol. The molecule has 2 heteroatoms. The van der Waals surface area contributed by atoms with Crippen molar-refractivity contribution in [1.82, 2.24) is 0 Å². The molecule has 0 aromatic heterocycles.